The Kier molecular flexibility index (Phi) is 2.87. The van der Waals surface area contributed by atoms with Crippen molar-refractivity contribution < 1.29 is 0 Å². The van der Waals surface area contributed by atoms with Gasteiger partial charge in [-0.25, -0.2) is 0 Å². The number of hydrogen-bond donors (Lipinski definition) is 0. The molecule has 1 aliphatic heterocycles. The second kappa shape index (κ2) is 4.15. The minimum absolute atomic E-state index is 1.00. The molecular formula is C13H15NS. The third-order valence-electron chi connectivity index (χ3n) is 2.32. The standard InChI is InChI=1S/C13H15NS/c1-4-14-11-7-5-6-8-12(11)15-13(14)9-10(2)3/h5-9H,2,4H2,1,3H3. The highest BCUT2D eigenvalue weighted by Gasteiger charge is 2.22. The average molecular weight is 217 g/mol. The van der Waals surface area contributed by atoms with E-state index in [1.807, 2.05) is 18.7 Å². The Morgan fingerprint density at radius 2 is 2.20 bits per heavy atom. The topological polar surface area (TPSA) is 3.24 Å². The Morgan fingerprint density at radius 3 is 2.87 bits per heavy atom. The molecule has 0 radical (unpaired) electrons. The van der Waals surface area contributed by atoms with Gasteiger partial charge in [0.15, 0.2) is 0 Å². The molecule has 0 aromatic heterocycles. The molecule has 0 saturated heterocycles. The summed E-state index contributed by atoms with van der Waals surface area (Å²) in [6.07, 6.45) is 2.15. The van der Waals surface area contributed by atoms with Gasteiger partial charge >= 0.3 is 0 Å². The fourth-order valence-corrected chi connectivity index (χ4v) is 2.95. The third kappa shape index (κ3) is 1.95. The predicted octanol–water partition coefficient (Wildman–Crippen LogP) is 4.04. The molecular weight excluding hydrogens is 202 g/mol. The van der Waals surface area contributed by atoms with Crippen LogP contribution in [0.4, 0.5) is 5.69 Å². The van der Waals surface area contributed by atoms with E-state index in [2.05, 4.69) is 48.7 Å². The van der Waals surface area contributed by atoms with Gasteiger partial charge in [0.05, 0.1) is 10.7 Å². The van der Waals surface area contributed by atoms with E-state index in [9.17, 15) is 0 Å². The number of fused-ring (bicyclic) bond motifs is 1. The third-order valence-corrected chi connectivity index (χ3v) is 3.44. The van der Waals surface area contributed by atoms with Crippen LogP contribution in [-0.2, 0) is 0 Å². The van der Waals surface area contributed by atoms with Crippen LogP contribution in [-0.4, -0.2) is 6.54 Å². The van der Waals surface area contributed by atoms with Crippen LogP contribution < -0.4 is 4.90 Å². The lowest BCUT2D eigenvalue weighted by Crippen LogP contribution is -2.16. The van der Waals surface area contributed by atoms with Crippen molar-refractivity contribution in [2.45, 2.75) is 18.7 Å². The highest BCUT2D eigenvalue weighted by molar-refractivity contribution is 8.03. The van der Waals surface area contributed by atoms with Gasteiger partial charge in [-0.05, 0) is 32.1 Å². The van der Waals surface area contributed by atoms with Crippen LogP contribution >= 0.6 is 11.8 Å². The molecule has 0 fully saturated rings. The molecule has 0 spiro atoms. The van der Waals surface area contributed by atoms with Gasteiger partial charge in [-0.3, -0.25) is 0 Å². The number of anilines is 1. The van der Waals surface area contributed by atoms with E-state index in [0.29, 0.717) is 0 Å². The fraction of sp³-hybridized carbons (Fsp3) is 0.231. The summed E-state index contributed by atoms with van der Waals surface area (Å²) in [5.41, 5.74) is 2.42. The van der Waals surface area contributed by atoms with Crippen LogP contribution in [0.3, 0.4) is 0 Å². The molecule has 0 unspecified atom stereocenters. The van der Waals surface area contributed by atoms with Gasteiger partial charge in [0.25, 0.3) is 0 Å². The zero-order valence-electron chi connectivity index (χ0n) is 9.16. The monoisotopic (exact) mass is 217 g/mol. The van der Waals surface area contributed by atoms with E-state index in [1.54, 1.807) is 0 Å². The second-order valence-electron chi connectivity index (χ2n) is 3.64. The maximum absolute atomic E-state index is 3.93. The van der Waals surface area contributed by atoms with Crippen molar-refractivity contribution >= 4 is 17.4 Å². The summed E-state index contributed by atoms with van der Waals surface area (Å²) < 4.78 is 0. The van der Waals surface area contributed by atoms with Crippen LogP contribution in [0.2, 0.25) is 0 Å². The summed E-state index contributed by atoms with van der Waals surface area (Å²) in [6, 6.07) is 8.52. The summed E-state index contributed by atoms with van der Waals surface area (Å²) in [4.78, 5) is 3.67. The van der Waals surface area contributed by atoms with Crippen LogP contribution in [0.5, 0.6) is 0 Å². The minimum Gasteiger partial charge on any atom is -0.335 e. The molecule has 1 aromatic rings. The highest BCUT2D eigenvalue weighted by atomic mass is 32.2. The smallest absolute Gasteiger partial charge is 0.0803 e. The molecule has 1 aromatic carbocycles. The average Bonchev–Trinajstić information content (AvgIpc) is 2.53. The Morgan fingerprint density at radius 1 is 1.47 bits per heavy atom. The van der Waals surface area contributed by atoms with Crippen molar-refractivity contribution in [1.29, 1.82) is 0 Å². The first-order valence-electron chi connectivity index (χ1n) is 5.14. The largest absolute Gasteiger partial charge is 0.335 e. The predicted molar refractivity (Wildman–Crippen MR) is 68.2 cm³/mol. The number of benzene rings is 1. The SMILES string of the molecule is C=C(C)C=C1Sc2ccccc2N1CC. The van der Waals surface area contributed by atoms with Crippen LogP contribution in [0, 0.1) is 0 Å². The first kappa shape index (κ1) is 10.4. The van der Waals surface area contributed by atoms with E-state index in [0.717, 1.165) is 12.1 Å². The number of para-hydroxylation sites is 1. The van der Waals surface area contributed by atoms with Gasteiger partial charge < -0.3 is 4.90 Å². The van der Waals surface area contributed by atoms with Crippen LogP contribution in [0.15, 0.2) is 52.4 Å². The van der Waals surface area contributed by atoms with Crippen molar-refractivity contribution in [3.8, 4) is 0 Å². The maximum atomic E-state index is 3.93. The number of hydrogen-bond acceptors (Lipinski definition) is 2. The van der Waals surface area contributed by atoms with E-state index in [-0.39, 0.29) is 0 Å². The van der Waals surface area contributed by atoms with E-state index in [1.165, 1.54) is 15.6 Å². The molecule has 0 atom stereocenters. The Balaban J connectivity index is 2.41. The van der Waals surface area contributed by atoms with Gasteiger partial charge in [0, 0.05) is 11.4 Å². The minimum atomic E-state index is 1.00. The Labute approximate surface area is 95.5 Å². The second-order valence-corrected chi connectivity index (χ2v) is 4.71. The molecule has 1 nitrogen and oxygen atoms in total. The van der Waals surface area contributed by atoms with Gasteiger partial charge in [-0.15, -0.1) is 0 Å². The van der Waals surface area contributed by atoms with Crippen LogP contribution in [0.1, 0.15) is 13.8 Å². The zero-order chi connectivity index (χ0) is 10.8. The molecule has 0 amide bonds. The van der Waals surface area contributed by atoms with Crippen molar-refractivity contribution in [1.82, 2.24) is 0 Å². The van der Waals surface area contributed by atoms with Crippen LogP contribution in [0.25, 0.3) is 0 Å². The quantitative estimate of drug-likeness (QED) is 0.735. The molecule has 2 heteroatoms. The Bertz CT molecular complexity index is 420. The van der Waals surface area contributed by atoms with Crippen molar-refractivity contribution in [3.05, 3.63) is 47.5 Å². The lowest BCUT2D eigenvalue weighted by molar-refractivity contribution is 1.00. The fourth-order valence-electron chi connectivity index (χ4n) is 1.70. The summed E-state index contributed by atoms with van der Waals surface area (Å²) in [6.45, 7) is 9.14. The lowest BCUT2D eigenvalue weighted by atomic mass is 10.3. The summed E-state index contributed by atoms with van der Waals surface area (Å²) >= 11 is 1.82. The first-order chi connectivity index (χ1) is 7.22. The molecule has 0 N–H and O–H groups in total. The van der Waals surface area contributed by atoms with Gasteiger partial charge in [0.1, 0.15) is 0 Å². The lowest BCUT2D eigenvalue weighted by Gasteiger charge is -2.17. The molecule has 0 aliphatic carbocycles. The van der Waals surface area contributed by atoms with E-state index >= 15 is 0 Å². The van der Waals surface area contributed by atoms with Gasteiger partial charge in [0.2, 0.25) is 0 Å². The summed E-state index contributed by atoms with van der Waals surface area (Å²) in [5.74, 6) is 0. The highest BCUT2D eigenvalue weighted by Crippen LogP contribution is 2.45. The molecule has 78 valence electrons. The normalized spacial score (nSPS) is 16.9. The molecule has 15 heavy (non-hydrogen) atoms. The molecule has 0 saturated carbocycles. The number of allylic oxidation sites excluding steroid dienone is 2. The molecule has 1 heterocycles. The number of nitrogens with zero attached hydrogens (tertiary/aromatic N) is 1. The van der Waals surface area contributed by atoms with Gasteiger partial charge in [-0.2, -0.15) is 0 Å². The van der Waals surface area contributed by atoms with E-state index in [4.69, 9.17) is 0 Å². The van der Waals surface area contributed by atoms with Crippen molar-refractivity contribution in [2.75, 3.05) is 11.4 Å². The van der Waals surface area contributed by atoms with E-state index < -0.39 is 0 Å². The summed E-state index contributed by atoms with van der Waals surface area (Å²) in [5, 5.41) is 1.28. The van der Waals surface area contributed by atoms with Gasteiger partial charge in [-0.1, -0.05) is 36.0 Å². The number of rotatable bonds is 2. The van der Waals surface area contributed by atoms with Crippen molar-refractivity contribution in [2.24, 2.45) is 0 Å². The number of thioether (sulfide) groups is 1. The maximum Gasteiger partial charge on any atom is 0.0803 e. The molecule has 1 aliphatic rings. The molecule has 2 rings (SSSR count). The first-order valence-corrected chi connectivity index (χ1v) is 5.95. The van der Waals surface area contributed by atoms with Crippen molar-refractivity contribution in [3.63, 3.8) is 0 Å². The summed E-state index contributed by atoms with van der Waals surface area (Å²) in [7, 11) is 0. The zero-order valence-corrected chi connectivity index (χ0v) is 9.97. The Hall–Kier alpha value is -1.15. The molecule has 0 bridgehead atoms.